The third kappa shape index (κ3) is 3.99. The van der Waals surface area contributed by atoms with Crippen molar-refractivity contribution < 1.29 is 8.83 Å². The Morgan fingerprint density at radius 2 is 0.840 bits per heavy atom. The van der Waals surface area contributed by atoms with Gasteiger partial charge in [-0.05, 0) is 85.9 Å². The molecule has 0 saturated heterocycles. The lowest BCUT2D eigenvalue weighted by atomic mass is 9.91. The van der Waals surface area contributed by atoms with Crippen molar-refractivity contribution in [1.29, 1.82) is 0 Å². The van der Waals surface area contributed by atoms with E-state index >= 15 is 0 Å². The second kappa shape index (κ2) is 10.4. The van der Waals surface area contributed by atoms with Crippen LogP contribution in [-0.2, 0) is 0 Å². The van der Waals surface area contributed by atoms with Gasteiger partial charge in [0, 0.05) is 27.3 Å². The first-order valence-corrected chi connectivity index (χ1v) is 16.8. The van der Waals surface area contributed by atoms with Crippen LogP contribution in [0.1, 0.15) is 0 Å². The van der Waals surface area contributed by atoms with Gasteiger partial charge >= 0.3 is 0 Å². The van der Waals surface area contributed by atoms with Crippen LogP contribution in [0.5, 0.6) is 0 Å². The van der Waals surface area contributed by atoms with Gasteiger partial charge in [-0.25, -0.2) is 9.97 Å². The summed E-state index contributed by atoms with van der Waals surface area (Å²) >= 11 is 0. The monoisotopic (exact) mass is 638 g/mol. The molecular weight excluding hydrogens is 613 g/mol. The highest BCUT2D eigenvalue weighted by Crippen LogP contribution is 2.41. The Bertz CT molecular complexity index is 3150. The lowest BCUT2D eigenvalue weighted by Gasteiger charge is -2.13. The van der Waals surface area contributed by atoms with Crippen molar-refractivity contribution in [3.8, 4) is 33.8 Å². The number of furan rings is 2. The van der Waals surface area contributed by atoms with Crippen molar-refractivity contribution in [3.05, 3.63) is 158 Å². The highest BCUT2D eigenvalue weighted by atomic mass is 16.3. The lowest BCUT2D eigenvalue weighted by molar-refractivity contribution is 0.667. The van der Waals surface area contributed by atoms with E-state index in [0.29, 0.717) is 11.4 Å². The molecule has 4 nitrogen and oxygen atoms in total. The molecule has 0 spiro atoms. The molecule has 0 fully saturated rings. The van der Waals surface area contributed by atoms with E-state index in [1.165, 1.54) is 37.9 Å². The Morgan fingerprint density at radius 1 is 0.320 bits per heavy atom. The summed E-state index contributed by atoms with van der Waals surface area (Å²) in [5.41, 5.74) is 9.20. The summed E-state index contributed by atoms with van der Waals surface area (Å²) in [5.74, 6) is 0.670. The molecule has 0 bridgehead atoms. The molecule has 0 aliphatic rings. The van der Waals surface area contributed by atoms with Gasteiger partial charge in [0.05, 0.1) is 0 Å². The average molecular weight is 639 g/mol. The van der Waals surface area contributed by atoms with Gasteiger partial charge in [-0.1, -0.05) is 115 Å². The van der Waals surface area contributed by atoms with Gasteiger partial charge in [-0.3, -0.25) is 0 Å². The Kier molecular flexibility index (Phi) is 5.63. The van der Waals surface area contributed by atoms with Crippen LogP contribution in [-0.4, -0.2) is 9.97 Å². The van der Waals surface area contributed by atoms with Gasteiger partial charge < -0.3 is 8.83 Å². The summed E-state index contributed by atoms with van der Waals surface area (Å²) in [5, 5.41) is 10.5. The van der Waals surface area contributed by atoms with E-state index in [2.05, 4.69) is 109 Å². The van der Waals surface area contributed by atoms with Gasteiger partial charge in [-0.15, -0.1) is 0 Å². The largest absolute Gasteiger partial charge is 0.456 e. The Labute approximate surface area is 285 Å². The molecule has 0 amide bonds. The number of aromatic nitrogens is 2. The lowest BCUT2D eigenvalue weighted by Crippen LogP contribution is -1.94. The van der Waals surface area contributed by atoms with E-state index in [1.54, 1.807) is 0 Å². The van der Waals surface area contributed by atoms with E-state index in [-0.39, 0.29) is 0 Å². The van der Waals surface area contributed by atoms with Crippen molar-refractivity contribution in [1.82, 2.24) is 9.97 Å². The minimum Gasteiger partial charge on any atom is -0.456 e. The summed E-state index contributed by atoms with van der Waals surface area (Å²) in [7, 11) is 0. The molecule has 232 valence electrons. The summed E-state index contributed by atoms with van der Waals surface area (Å²) in [4.78, 5) is 10.3. The molecule has 0 aliphatic heterocycles. The summed E-state index contributed by atoms with van der Waals surface area (Å²) in [6.45, 7) is 0. The molecule has 3 heterocycles. The number of rotatable bonds is 3. The van der Waals surface area contributed by atoms with Crippen LogP contribution in [0.2, 0.25) is 0 Å². The van der Waals surface area contributed by atoms with Crippen LogP contribution < -0.4 is 0 Å². The smallest absolute Gasteiger partial charge is 0.180 e. The zero-order chi connectivity index (χ0) is 32.8. The number of fused-ring (bicyclic) bond motifs is 12. The first kappa shape index (κ1) is 27.2. The minimum absolute atomic E-state index is 0.670. The molecule has 0 radical (unpaired) electrons. The molecule has 11 aromatic rings. The third-order valence-electron chi connectivity index (χ3n) is 10.1. The van der Waals surface area contributed by atoms with E-state index < -0.39 is 0 Å². The average Bonchev–Trinajstić information content (AvgIpc) is 3.76. The minimum atomic E-state index is 0.670. The Hall–Kier alpha value is -6.78. The fourth-order valence-electron chi connectivity index (χ4n) is 7.69. The first-order chi connectivity index (χ1) is 24.8. The molecule has 3 aromatic heterocycles. The molecule has 0 N–H and O–H groups in total. The van der Waals surface area contributed by atoms with Gasteiger partial charge in [0.25, 0.3) is 0 Å². The molecule has 11 rings (SSSR count). The van der Waals surface area contributed by atoms with E-state index in [4.69, 9.17) is 18.8 Å². The van der Waals surface area contributed by atoms with Crippen LogP contribution in [0.15, 0.2) is 167 Å². The predicted molar refractivity (Wildman–Crippen MR) is 205 cm³/mol. The van der Waals surface area contributed by atoms with Gasteiger partial charge in [-0.2, -0.15) is 0 Å². The second-order valence-electron chi connectivity index (χ2n) is 12.9. The quantitative estimate of drug-likeness (QED) is 0.181. The Balaban J connectivity index is 1.14. The fraction of sp³-hybridized carbons (Fsp3) is 0. The van der Waals surface area contributed by atoms with Gasteiger partial charge in [0.1, 0.15) is 28.0 Å². The standard InChI is InChI=1S/C46H26N2O2/c1-2-10-27(11-3-1)43-45-44(36-15-7-9-17-41(36)50-45)48-46(47-43)30-19-22-34-37-24-28(18-21-33(37)31-12-4-5-13-32(31)38(34)26-30)29-20-23-42-39(25-29)35-14-6-8-16-40(35)49-42/h1-26H. The van der Waals surface area contributed by atoms with Crippen molar-refractivity contribution in [2.45, 2.75) is 0 Å². The van der Waals surface area contributed by atoms with Crippen LogP contribution in [0.3, 0.4) is 0 Å². The van der Waals surface area contributed by atoms with Crippen molar-refractivity contribution >= 4 is 76.3 Å². The topological polar surface area (TPSA) is 52.1 Å². The summed E-state index contributed by atoms with van der Waals surface area (Å²) in [6, 6.07) is 55.2. The normalized spacial score (nSPS) is 12.0. The maximum atomic E-state index is 6.36. The van der Waals surface area contributed by atoms with Crippen molar-refractivity contribution in [3.63, 3.8) is 0 Å². The van der Waals surface area contributed by atoms with E-state index in [9.17, 15) is 0 Å². The SMILES string of the molecule is c1ccc(-c2nc(-c3ccc4c5cc(-c6ccc7oc8ccccc8c7c6)ccc5c5ccccc5c4c3)nc3c2oc2ccccc23)cc1. The molecule has 8 aromatic carbocycles. The van der Waals surface area contributed by atoms with Crippen molar-refractivity contribution in [2.75, 3.05) is 0 Å². The van der Waals surface area contributed by atoms with Crippen LogP contribution in [0.4, 0.5) is 0 Å². The van der Waals surface area contributed by atoms with E-state index in [0.717, 1.165) is 60.8 Å². The molecule has 0 unspecified atom stereocenters. The predicted octanol–water partition coefficient (Wildman–Crippen LogP) is 12.7. The fourth-order valence-corrected chi connectivity index (χ4v) is 7.69. The maximum absolute atomic E-state index is 6.36. The molecule has 4 heteroatoms. The zero-order valence-corrected chi connectivity index (χ0v) is 26.7. The number of benzene rings is 8. The Morgan fingerprint density at radius 3 is 1.62 bits per heavy atom. The molecule has 50 heavy (non-hydrogen) atoms. The van der Waals surface area contributed by atoms with E-state index in [1.807, 2.05) is 48.5 Å². The maximum Gasteiger partial charge on any atom is 0.180 e. The molecule has 0 saturated carbocycles. The van der Waals surface area contributed by atoms with Crippen molar-refractivity contribution in [2.24, 2.45) is 0 Å². The molecule has 0 atom stereocenters. The summed E-state index contributed by atoms with van der Waals surface area (Å²) < 4.78 is 12.5. The van der Waals surface area contributed by atoms with Gasteiger partial charge in [0.2, 0.25) is 0 Å². The van der Waals surface area contributed by atoms with Crippen LogP contribution >= 0.6 is 0 Å². The summed E-state index contributed by atoms with van der Waals surface area (Å²) in [6.07, 6.45) is 0. The highest BCUT2D eigenvalue weighted by Gasteiger charge is 2.19. The number of hydrogen-bond donors (Lipinski definition) is 0. The first-order valence-electron chi connectivity index (χ1n) is 16.8. The molecule has 0 aliphatic carbocycles. The van der Waals surface area contributed by atoms with Crippen LogP contribution in [0.25, 0.3) is 110 Å². The number of nitrogens with zero attached hydrogens (tertiary/aromatic N) is 2. The third-order valence-corrected chi connectivity index (χ3v) is 10.1. The molecular formula is C46H26N2O2. The van der Waals surface area contributed by atoms with Crippen LogP contribution in [0, 0.1) is 0 Å². The zero-order valence-electron chi connectivity index (χ0n) is 26.7. The number of para-hydroxylation sites is 2. The number of hydrogen-bond acceptors (Lipinski definition) is 4. The highest BCUT2D eigenvalue weighted by molar-refractivity contribution is 6.26. The van der Waals surface area contributed by atoms with Gasteiger partial charge in [0.15, 0.2) is 11.4 Å². The second-order valence-corrected chi connectivity index (χ2v) is 12.9.